The number of guanidine groups is 1. The van der Waals surface area contributed by atoms with Crippen molar-refractivity contribution in [2.75, 3.05) is 6.54 Å². The largest absolute Gasteiger partial charge is 0.370 e. The standard InChI is InChI=1S/C10H17N3S.HI/c1-2-3-6-12-10(11)13-8-9-5-4-7-14-9;/h4-5,7H,2-3,6,8H2,1H3,(H3,11,12,13);1H. The number of nitrogens with zero attached hydrogens (tertiary/aromatic N) is 1. The van der Waals surface area contributed by atoms with Crippen LogP contribution in [-0.4, -0.2) is 12.5 Å². The number of aliphatic imine (C=N–C) groups is 1. The molecule has 5 heteroatoms. The Balaban J connectivity index is 0.00000196. The van der Waals surface area contributed by atoms with Crippen molar-refractivity contribution in [1.29, 1.82) is 0 Å². The van der Waals surface area contributed by atoms with Gasteiger partial charge in [-0.3, -0.25) is 0 Å². The van der Waals surface area contributed by atoms with Gasteiger partial charge in [-0.2, -0.15) is 0 Å². The zero-order chi connectivity index (χ0) is 10.2. The zero-order valence-electron chi connectivity index (χ0n) is 8.90. The van der Waals surface area contributed by atoms with Gasteiger partial charge in [0.05, 0.1) is 6.54 Å². The van der Waals surface area contributed by atoms with Crippen LogP contribution >= 0.6 is 35.3 Å². The molecule has 1 aromatic heterocycles. The highest BCUT2D eigenvalue weighted by Gasteiger charge is 1.92. The third-order valence-electron chi connectivity index (χ3n) is 1.82. The number of nitrogens with one attached hydrogen (secondary N) is 1. The second kappa shape index (κ2) is 8.96. The molecule has 1 heterocycles. The van der Waals surface area contributed by atoms with Gasteiger partial charge in [0.1, 0.15) is 0 Å². The van der Waals surface area contributed by atoms with Gasteiger partial charge in [-0.05, 0) is 17.9 Å². The molecular formula is C10H18IN3S. The molecule has 1 aromatic rings. The Bertz CT molecular complexity index is 272. The summed E-state index contributed by atoms with van der Waals surface area (Å²) in [6.07, 6.45) is 2.31. The van der Waals surface area contributed by atoms with E-state index in [4.69, 9.17) is 5.73 Å². The van der Waals surface area contributed by atoms with Gasteiger partial charge in [0.2, 0.25) is 0 Å². The maximum Gasteiger partial charge on any atom is 0.188 e. The van der Waals surface area contributed by atoms with Crippen molar-refractivity contribution in [3.8, 4) is 0 Å². The van der Waals surface area contributed by atoms with Crippen LogP contribution in [-0.2, 0) is 6.54 Å². The first-order valence-electron chi connectivity index (χ1n) is 4.89. The van der Waals surface area contributed by atoms with Gasteiger partial charge in [0.15, 0.2) is 5.96 Å². The molecule has 0 atom stereocenters. The fourth-order valence-corrected chi connectivity index (χ4v) is 1.64. The lowest BCUT2D eigenvalue weighted by Gasteiger charge is -2.03. The molecule has 15 heavy (non-hydrogen) atoms. The smallest absolute Gasteiger partial charge is 0.188 e. The Morgan fingerprint density at radius 2 is 2.40 bits per heavy atom. The molecular weight excluding hydrogens is 321 g/mol. The Morgan fingerprint density at radius 1 is 1.60 bits per heavy atom. The number of halogens is 1. The molecule has 0 saturated heterocycles. The SMILES string of the molecule is CCCCNC(N)=NCc1cccs1.I. The summed E-state index contributed by atoms with van der Waals surface area (Å²) in [5, 5.41) is 5.13. The molecule has 86 valence electrons. The van der Waals surface area contributed by atoms with Crippen LogP contribution in [0.15, 0.2) is 22.5 Å². The summed E-state index contributed by atoms with van der Waals surface area (Å²) in [7, 11) is 0. The first-order chi connectivity index (χ1) is 6.83. The average Bonchev–Trinajstić information content (AvgIpc) is 2.68. The maximum absolute atomic E-state index is 5.67. The quantitative estimate of drug-likeness (QED) is 0.375. The van der Waals surface area contributed by atoms with Crippen LogP contribution in [0.25, 0.3) is 0 Å². The summed E-state index contributed by atoms with van der Waals surface area (Å²) < 4.78 is 0. The minimum Gasteiger partial charge on any atom is -0.370 e. The van der Waals surface area contributed by atoms with Gasteiger partial charge in [0.25, 0.3) is 0 Å². The highest BCUT2D eigenvalue weighted by atomic mass is 127. The predicted molar refractivity (Wildman–Crippen MR) is 78.0 cm³/mol. The van der Waals surface area contributed by atoms with Crippen LogP contribution in [0, 0.1) is 0 Å². The third-order valence-corrected chi connectivity index (χ3v) is 2.68. The van der Waals surface area contributed by atoms with Gasteiger partial charge in [-0.1, -0.05) is 19.4 Å². The number of hydrogen-bond donors (Lipinski definition) is 2. The second-order valence-corrected chi connectivity index (χ2v) is 4.09. The number of unbranched alkanes of at least 4 members (excludes halogenated alkanes) is 1. The van der Waals surface area contributed by atoms with E-state index in [1.807, 2.05) is 11.4 Å². The summed E-state index contributed by atoms with van der Waals surface area (Å²) in [4.78, 5) is 5.47. The molecule has 3 nitrogen and oxygen atoms in total. The lowest BCUT2D eigenvalue weighted by atomic mass is 10.3. The lowest BCUT2D eigenvalue weighted by Crippen LogP contribution is -2.32. The normalized spacial score (nSPS) is 10.9. The first-order valence-corrected chi connectivity index (χ1v) is 5.77. The molecule has 0 aliphatic rings. The topological polar surface area (TPSA) is 50.4 Å². The fraction of sp³-hybridized carbons (Fsp3) is 0.500. The van der Waals surface area contributed by atoms with Gasteiger partial charge in [0, 0.05) is 11.4 Å². The van der Waals surface area contributed by atoms with E-state index in [1.165, 1.54) is 11.3 Å². The van der Waals surface area contributed by atoms with Crippen molar-refractivity contribution >= 4 is 41.3 Å². The predicted octanol–water partition coefficient (Wildman–Crippen LogP) is 2.57. The van der Waals surface area contributed by atoms with E-state index in [0.29, 0.717) is 12.5 Å². The van der Waals surface area contributed by atoms with Crippen LogP contribution in [0.1, 0.15) is 24.6 Å². The van der Waals surface area contributed by atoms with Crippen molar-refractivity contribution in [2.45, 2.75) is 26.3 Å². The minimum atomic E-state index is 0. The molecule has 0 aromatic carbocycles. The summed E-state index contributed by atoms with van der Waals surface area (Å²) >= 11 is 1.70. The minimum absolute atomic E-state index is 0. The molecule has 0 spiro atoms. The molecule has 0 radical (unpaired) electrons. The number of nitrogens with two attached hydrogens (primary N) is 1. The van der Waals surface area contributed by atoms with Crippen molar-refractivity contribution in [1.82, 2.24) is 5.32 Å². The molecule has 0 aliphatic heterocycles. The van der Waals surface area contributed by atoms with Crippen LogP contribution in [0.3, 0.4) is 0 Å². The molecule has 0 unspecified atom stereocenters. The summed E-state index contributed by atoms with van der Waals surface area (Å²) in [6.45, 7) is 3.75. The average molecular weight is 339 g/mol. The third kappa shape index (κ3) is 6.72. The molecule has 0 saturated carbocycles. The second-order valence-electron chi connectivity index (χ2n) is 3.06. The van der Waals surface area contributed by atoms with E-state index in [-0.39, 0.29) is 24.0 Å². The number of rotatable bonds is 5. The van der Waals surface area contributed by atoms with Crippen molar-refractivity contribution in [2.24, 2.45) is 10.7 Å². The molecule has 0 aliphatic carbocycles. The van der Waals surface area contributed by atoms with Crippen molar-refractivity contribution < 1.29 is 0 Å². The Morgan fingerprint density at radius 3 is 3.00 bits per heavy atom. The van der Waals surface area contributed by atoms with Gasteiger partial charge >= 0.3 is 0 Å². The van der Waals surface area contributed by atoms with Gasteiger partial charge < -0.3 is 11.1 Å². The van der Waals surface area contributed by atoms with Gasteiger partial charge in [-0.25, -0.2) is 4.99 Å². The van der Waals surface area contributed by atoms with Crippen molar-refractivity contribution in [3.63, 3.8) is 0 Å². The van der Waals surface area contributed by atoms with E-state index in [2.05, 4.69) is 23.3 Å². The summed E-state index contributed by atoms with van der Waals surface area (Å²) in [5.74, 6) is 0.548. The Labute approximate surface area is 112 Å². The van der Waals surface area contributed by atoms with Crippen LogP contribution in [0.4, 0.5) is 0 Å². The summed E-state index contributed by atoms with van der Waals surface area (Å²) in [6, 6.07) is 4.09. The number of hydrogen-bond acceptors (Lipinski definition) is 2. The molecule has 3 N–H and O–H groups in total. The number of thiophene rings is 1. The lowest BCUT2D eigenvalue weighted by molar-refractivity contribution is 0.748. The maximum atomic E-state index is 5.67. The molecule has 0 amide bonds. The Kier molecular flexibility index (Phi) is 8.79. The first kappa shape index (κ1) is 14.7. The van der Waals surface area contributed by atoms with E-state index >= 15 is 0 Å². The molecule has 0 bridgehead atoms. The van der Waals surface area contributed by atoms with Crippen LogP contribution in [0.5, 0.6) is 0 Å². The summed E-state index contributed by atoms with van der Waals surface area (Å²) in [5.41, 5.74) is 5.67. The van der Waals surface area contributed by atoms with E-state index in [1.54, 1.807) is 11.3 Å². The van der Waals surface area contributed by atoms with E-state index in [9.17, 15) is 0 Å². The van der Waals surface area contributed by atoms with E-state index in [0.717, 1.165) is 13.0 Å². The van der Waals surface area contributed by atoms with Crippen molar-refractivity contribution in [3.05, 3.63) is 22.4 Å². The van der Waals surface area contributed by atoms with Gasteiger partial charge in [-0.15, -0.1) is 35.3 Å². The van der Waals surface area contributed by atoms with Crippen LogP contribution in [0.2, 0.25) is 0 Å². The molecule has 0 fully saturated rings. The van der Waals surface area contributed by atoms with Crippen LogP contribution < -0.4 is 11.1 Å². The highest BCUT2D eigenvalue weighted by Crippen LogP contribution is 2.08. The zero-order valence-corrected chi connectivity index (χ0v) is 12.0. The molecule has 1 rings (SSSR count). The van der Waals surface area contributed by atoms with E-state index < -0.39 is 0 Å². The Hall–Kier alpha value is -0.300. The highest BCUT2D eigenvalue weighted by molar-refractivity contribution is 14.0. The fourth-order valence-electron chi connectivity index (χ4n) is 1.01. The monoisotopic (exact) mass is 339 g/mol.